The molecule has 0 saturated heterocycles. The lowest BCUT2D eigenvalue weighted by Gasteiger charge is -2.10. The third kappa shape index (κ3) is 5.12. The highest BCUT2D eigenvalue weighted by Crippen LogP contribution is 1.96. The van der Waals surface area contributed by atoms with Crippen molar-refractivity contribution < 1.29 is 4.79 Å². The van der Waals surface area contributed by atoms with E-state index in [2.05, 4.69) is 10.3 Å². The van der Waals surface area contributed by atoms with Crippen molar-refractivity contribution in [2.24, 2.45) is 0 Å². The molecule has 1 aromatic heterocycles. The summed E-state index contributed by atoms with van der Waals surface area (Å²) in [6, 6.07) is 3.74. The molecule has 1 amide bonds. The van der Waals surface area contributed by atoms with Gasteiger partial charge >= 0.3 is 0 Å². The van der Waals surface area contributed by atoms with Crippen molar-refractivity contribution in [3.8, 4) is 0 Å². The molecule has 0 aliphatic carbocycles. The van der Waals surface area contributed by atoms with Crippen molar-refractivity contribution in [3.63, 3.8) is 0 Å². The first kappa shape index (κ1) is 11.7. The quantitative estimate of drug-likeness (QED) is 0.755. The molecule has 1 rings (SSSR count). The number of rotatable bonds is 5. The Labute approximate surface area is 90.3 Å². The first-order chi connectivity index (χ1) is 7.18. The van der Waals surface area contributed by atoms with Crippen LogP contribution in [0.4, 0.5) is 0 Å². The van der Waals surface area contributed by atoms with Gasteiger partial charge in [-0.2, -0.15) is 0 Å². The predicted molar refractivity (Wildman–Crippen MR) is 59.5 cm³/mol. The Kier molecular flexibility index (Phi) is 4.77. The van der Waals surface area contributed by atoms with Crippen molar-refractivity contribution in [3.05, 3.63) is 30.1 Å². The molecule has 1 aromatic rings. The fourth-order valence-electron chi connectivity index (χ4n) is 1.17. The first-order valence-corrected chi connectivity index (χ1v) is 4.99. The number of carbonyl (C=O) groups excluding carboxylic acids is 1. The maximum atomic E-state index is 11.4. The van der Waals surface area contributed by atoms with E-state index in [0.29, 0.717) is 13.0 Å². The molecule has 0 aromatic carbocycles. The van der Waals surface area contributed by atoms with Gasteiger partial charge in [0.15, 0.2) is 0 Å². The van der Waals surface area contributed by atoms with E-state index in [4.69, 9.17) is 0 Å². The smallest absolute Gasteiger partial charge is 0.224 e. The number of aromatic nitrogens is 1. The van der Waals surface area contributed by atoms with Crippen LogP contribution in [0.2, 0.25) is 0 Å². The number of nitrogens with zero attached hydrogens (tertiary/aromatic N) is 2. The summed E-state index contributed by atoms with van der Waals surface area (Å²) in [6.45, 7) is 1.55. The Bertz CT molecular complexity index is 298. The zero-order chi connectivity index (χ0) is 11.1. The van der Waals surface area contributed by atoms with Crippen LogP contribution in [-0.2, 0) is 11.2 Å². The number of nitrogens with one attached hydrogen (secondary N) is 1. The van der Waals surface area contributed by atoms with Crippen LogP contribution < -0.4 is 5.32 Å². The summed E-state index contributed by atoms with van der Waals surface area (Å²) >= 11 is 0. The van der Waals surface area contributed by atoms with Gasteiger partial charge in [-0.05, 0) is 25.7 Å². The zero-order valence-corrected chi connectivity index (χ0v) is 9.23. The molecule has 4 nitrogen and oxygen atoms in total. The minimum absolute atomic E-state index is 0.0462. The van der Waals surface area contributed by atoms with Crippen LogP contribution in [0.1, 0.15) is 5.56 Å². The highest BCUT2D eigenvalue weighted by Gasteiger charge is 2.02. The maximum Gasteiger partial charge on any atom is 0.224 e. The largest absolute Gasteiger partial charge is 0.355 e. The molecule has 0 unspecified atom stereocenters. The average Bonchev–Trinajstić information content (AvgIpc) is 2.18. The topological polar surface area (TPSA) is 45.2 Å². The molecular weight excluding hydrogens is 190 g/mol. The Morgan fingerprint density at radius 3 is 2.93 bits per heavy atom. The number of hydrogen-bond donors (Lipinski definition) is 1. The molecule has 4 heteroatoms. The molecule has 0 aliphatic heterocycles. The molecular formula is C11H17N3O. The number of hydrogen-bond acceptors (Lipinski definition) is 3. The maximum absolute atomic E-state index is 11.4. The van der Waals surface area contributed by atoms with Gasteiger partial charge in [0.2, 0.25) is 5.91 Å². The van der Waals surface area contributed by atoms with E-state index in [1.807, 2.05) is 31.1 Å². The monoisotopic (exact) mass is 207 g/mol. The molecule has 82 valence electrons. The van der Waals surface area contributed by atoms with Crippen LogP contribution in [0.3, 0.4) is 0 Å². The van der Waals surface area contributed by atoms with E-state index in [0.717, 1.165) is 12.1 Å². The van der Waals surface area contributed by atoms with Crippen molar-refractivity contribution >= 4 is 5.91 Å². The minimum Gasteiger partial charge on any atom is -0.355 e. The lowest BCUT2D eigenvalue weighted by molar-refractivity contribution is -0.120. The molecule has 0 atom stereocenters. The SMILES string of the molecule is CN(C)CCNC(=O)Cc1cccnc1. The summed E-state index contributed by atoms with van der Waals surface area (Å²) in [5, 5.41) is 2.85. The average molecular weight is 207 g/mol. The zero-order valence-electron chi connectivity index (χ0n) is 9.23. The number of amides is 1. The van der Waals surface area contributed by atoms with Gasteiger partial charge in [-0.1, -0.05) is 6.07 Å². The number of pyridine rings is 1. The van der Waals surface area contributed by atoms with E-state index in [1.165, 1.54) is 0 Å². The molecule has 0 radical (unpaired) electrons. The number of likely N-dealkylation sites (N-methyl/N-ethyl adjacent to an activating group) is 1. The Hall–Kier alpha value is -1.42. The summed E-state index contributed by atoms with van der Waals surface area (Å²) in [4.78, 5) is 17.4. The van der Waals surface area contributed by atoms with E-state index >= 15 is 0 Å². The van der Waals surface area contributed by atoms with Crippen LogP contribution in [0.25, 0.3) is 0 Å². The second kappa shape index (κ2) is 6.14. The van der Waals surface area contributed by atoms with Crippen molar-refractivity contribution in [2.45, 2.75) is 6.42 Å². The highest BCUT2D eigenvalue weighted by atomic mass is 16.1. The Morgan fingerprint density at radius 2 is 2.33 bits per heavy atom. The molecule has 0 aliphatic rings. The lowest BCUT2D eigenvalue weighted by atomic mass is 10.2. The minimum atomic E-state index is 0.0462. The molecule has 1 N–H and O–H groups in total. The van der Waals surface area contributed by atoms with Crippen molar-refractivity contribution in [1.82, 2.24) is 15.2 Å². The van der Waals surface area contributed by atoms with Gasteiger partial charge in [0.1, 0.15) is 0 Å². The van der Waals surface area contributed by atoms with Gasteiger partial charge in [0.25, 0.3) is 0 Å². The Morgan fingerprint density at radius 1 is 1.53 bits per heavy atom. The van der Waals surface area contributed by atoms with Crippen LogP contribution in [-0.4, -0.2) is 43.0 Å². The van der Waals surface area contributed by atoms with E-state index in [9.17, 15) is 4.79 Å². The third-order valence-electron chi connectivity index (χ3n) is 1.97. The Balaban J connectivity index is 2.25. The summed E-state index contributed by atoms with van der Waals surface area (Å²) in [5.74, 6) is 0.0462. The summed E-state index contributed by atoms with van der Waals surface area (Å²) in [6.07, 6.45) is 3.82. The number of carbonyl (C=O) groups is 1. The van der Waals surface area contributed by atoms with Gasteiger partial charge in [-0.25, -0.2) is 0 Å². The second-order valence-corrected chi connectivity index (χ2v) is 3.69. The van der Waals surface area contributed by atoms with Crippen LogP contribution in [0, 0.1) is 0 Å². The van der Waals surface area contributed by atoms with Gasteiger partial charge < -0.3 is 10.2 Å². The summed E-state index contributed by atoms with van der Waals surface area (Å²) < 4.78 is 0. The fraction of sp³-hybridized carbons (Fsp3) is 0.455. The molecule has 1 heterocycles. The van der Waals surface area contributed by atoms with Crippen LogP contribution >= 0.6 is 0 Å². The van der Waals surface area contributed by atoms with E-state index < -0.39 is 0 Å². The predicted octanol–water partition coefficient (Wildman–Crippen LogP) is 0.302. The molecule has 0 bridgehead atoms. The van der Waals surface area contributed by atoms with E-state index in [1.54, 1.807) is 12.4 Å². The van der Waals surface area contributed by atoms with Gasteiger partial charge in [0, 0.05) is 25.5 Å². The highest BCUT2D eigenvalue weighted by molar-refractivity contribution is 5.78. The van der Waals surface area contributed by atoms with Crippen LogP contribution in [0.5, 0.6) is 0 Å². The van der Waals surface area contributed by atoms with Crippen molar-refractivity contribution in [2.75, 3.05) is 27.2 Å². The molecule has 0 spiro atoms. The molecule has 15 heavy (non-hydrogen) atoms. The van der Waals surface area contributed by atoms with Gasteiger partial charge in [-0.3, -0.25) is 9.78 Å². The third-order valence-corrected chi connectivity index (χ3v) is 1.97. The summed E-state index contributed by atoms with van der Waals surface area (Å²) in [7, 11) is 3.96. The van der Waals surface area contributed by atoms with Gasteiger partial charge in [0.05, 0.1) is 6.42 Å². The standard InChI is InChI=1S/C11H17N3O/c1-14(2)7-6-13-11(15)8-10-4-3-5-12-9-10/h3-5,9H,6-8H2,1-2H3,(H,13,15). The lowest BCUT2D eigenvalue weighted by Crippen LogP contribution is -2.32. The molecule has 0 saturated carbocycles. The summed E-state index contributed by atoms with van der Waals surface area (Å²) in [5.41, 5.74) is 0.944. The van der Waals surface area contributed by atoms with E-state index in [-0.39, 0.29) is 5.91 Å². The first-order valence-electron chi connectivity index (χ1n) is 4.99. The van der Waals surface area contributed by atoms with Gasteiger partial charge in [-0.15, -0.1) is 0 Å². The fourth-order valence-corrected chi connectivity index (χ4v) is 1.17. The van der Waals surface area contributed by atoms with Crippen molar-refractivity contribution in [1.29, 1.82) is 0 Å². The normalized spacial score (nSPS) is 10.3. The second-order valence-electron chi connectivity index (χ2n) is 3.69. The van der Waals surface area contributed by atoms with Crippen LogP contribution in [0.15, 0.2) is 24.5 Å². The molecule has 0 fully saturated rings.